The molecule has 9 heteroatoms. The van der Waals surface area contributed by atoms with Crippen LogP contribution in [-0.2, 0) is 26.3 Å². The number of aromatic nitrogens is 5. The van der Waals surface area contributed by atoms with Crippen LogP contribution < -0.4 is 5.10 Å². The molecule has 147 valence electrons. The smallest absolute Gasteiger partial charge is 0.431 e. The van der Waals surface area contributed by atoms with Gasteiger partial charge in [0.1, 0.15) is 5.69 Å². The molecule has 4 rings (SSSR count). The topological polar surface area (TPSA) is 57.7 Å². The maximum atomic E-state index is 12.2. The van der Waals surface area contributed by atoms with Crippen LogP contribution in [0.15, 0.2) is 67.1 Å². The Kier molecular flexibility index (Phi) is 7.25. The molecule has 1 radical (unpaired) electrons. The normalized spacial score (nSPS) is 10.6. The number of halogens is 3. The van der Waals surface area contributed by atoms with E-state index in [1.807, 2.05) is 30.5 Å². The maximum Gasteiger partial charge on any atom is 0.431 e. The Morgan fingerprint density at radius 3 is 2.46 bits per heavy atom. The zero-order valence-corrected chi connectivity index (χ0v) is 16.9. The van der Waals surface area contributed by atoms with E-state index >= 15 is 0 Å². The van der Waals surface area contributed by atoms with Crippen molar-refractivity contribution in [1.82, 2.24) is 25.0 Å². The van der Waals surface area contributed by atoms with Crippen molar-refractivity contribution in [3.63, 3.8) is 0 Å². The number of hydrogen-bond acceptors (Lipinski definition) is 3. The first-order valence-corrected chi connectivity index (χ1v) is 7.91. The minimum absolute atomic E-state index is 0. The SMILES string of the molecule is Cc1cc[c-]c(-n2cccn2)c1.FC(F)(F)c1cc(-c2ccccn2)[n-]n1.[Ir]. The van der Waals surface area contributed by atoms with Crippen LogP contribution in [-0.4, -0.2) is 19.9 Å². The summed E-state index contributed by atoms with van der Waals surface area (Å²) in [5.74, 6) is 0. The van der Waals surface area contributed by atoms with E-state index in [2.05, 4.69) is 33.3 Å². The molecule has 0 saturated heterocycles. The van der Waals surface area contributed by atoms with Gasteiger partial charge in [0.2, 0.25) is 0 Å². The summed E-state index contributed by atoms with van der Waals surface area (Å²) in [4.78, 5) is 3.87. The van der Waals surface area contributed by atoms with Crippen molar-refractivity contribution in [2.24, 2.45) is 0 Å². The average molecular weight is 562 g/mol. The molecule has 3 aromatic heterocycles. The number of aryl methyl sites for hydroxylation is 1. The standard InChI is InChI=1S/C10H9N2.C9H5F3N3.Ir/c1-9-4-2-5-10(8-9)12-7-3-6-11-12;10-9(11,12)8-5-7(14-15-8)6-3-1-2-4-13-6;/h2-4,6-8H,1H3;1-5H;/q2*-1;. The Balaban J connectivity index is 0.000000198. The third-order valence-corrected chi connectivity index (χ3v) is 3.45. The molecule has 0 N–H and O–H groups in total. The molecule has 0 fully saturated rings. The largest absolute Gasteiger partial charge is 0.573 e. The van der Waals surface area contributed by atoms with E-state index in [1.54, 1.807) is 29.1 Å². The van der Waals surface area contributed by atoms with E-state index < -0.39 is 11.9 Å². The van der Waals surface area contributed by atoms with Gasteiger partial charge in [0.25, 0.3) is 0 Å². The van der Waals surface area contributed by atoms with Crippen LogP contribution >= 0.6 is 0 Å². The minimum atomic E-state index is -4.46. The summed E-state index contributed by atoms with van der Waals surface area (Å²) < 4.78 is 38.4. The summed E-state index contributed by atoms with van der Waals surface area (Å²) in [7, 11) is 0. The number of pyridine rings is 1. The van der Waals surface area contributed by atoms with Gasteiger partial charge in [0.15, 0.2) is 0 Å². The van der Waals surface area contributed by atoms with E-state index in [0.717, 1.165) is 11.8 Å². The molecule has 4 aromatic rings. The third-order valence-electron chi connectivity index (χ3n) is 3.45. The second kappa shape index (κ2) is 9.43. The summed E-state index contributed by atoms with van der Waals surface area (Å²) in [5, 5.41) is 10.6. The van der Waals surface area contributed by atoms with Gasteiger partial charge in [0, 0.05) is 44.4 Å². The Morgan fingerprint density at radius 1 is 1.07 bits per heavy atom. The van der Waals surface area contributed by atoms with Crippen molar-refractivity contribution in [3.8, 4) is 17.1 Å². The van der Waals surface area contributed by atoms with Crippen molar-refractivity contribution in [2.75, 3.05) is 0 Å². The van der Waals surface area contributed by atoms with Gasteiger partial charge in [0.05, 0.1) is 0 Å². The van der Waals surface area contributed by atoms with Gasteiger partial charge in [-0.05, 0) is 30.0 Å². The molecular weight excluding hydrogens is 547 g/mol. The fourth-order valence-corrected chi connectivity index (χ4v) is 2.18. The molecule has 0 aliphatic rings. The Bertz CT molecular complexity index is 982. The number of hydrogen-bond donors (Lipinski definition) is 0. The van der Waals surface area contributed by atoms with Gasteiger partial charge in [-0.2, -0.15) is 42.0 Å². The first-order valence-electron chi connectivity index (χ1n) is 7.91. The van der Waals surface area contributed by atoms with Crippen LogP contribution in [0.1, 0.15) is 11.3 Å². The number of rotatable bonds is 2. The molecule has 3 heterocycles. The zero-order chi connectivity index (χ0) is 19.3. The molecule has 0 atom stereocenters. The van der Waals surface area contributed by atoms with Gasteiger partial charge in [-0.25, -0.2) is 0 Å². The molecule has 0 bridgehead atoms. The Labute approximate surface area is 173 Å². The van der Waals surface area contributed by atoms with Crippen LogP contribution in [0.4, 0.5) is 13.2 Å². The Morgan fingerprint density at radius 2 is 1.89 bits per heavy atom. The van der Waals surface area contributed by atoms with Crippen molar-refractivity contribution >= 4 is 0 Å². The van der Waals surface area contributed by atoms with E-state index in [-0.39, 0.29) is 25.8 Å². The third kappa shape index (κ3) is 5.61. The summed E-state index contributed by atoms with van der Waals surface area (Å²) in [6.07, 6.45) is 0.693. The minimum Gasteiger partial charge on any atom is -0.573 e. The molecule has 0 aliphatic carbocycles. The number of benzene rings is 1. The van der Waals surface area contributed by atoms with Gasteiger partial charge < -0.3 is 10.2 Å². The fraction of sp³-hybridized carbons (Fsp3) is 0.105. The molecule has 0 amide bonds. The fourth-order valence-electron chi connectivity index (χ4n) is 2.18. The quantitative estimate of drug-likeness (QED) is 0.346. The van der Waals surface area contributed by atoms with E-state index in [4.69, 9.17) is 0 Å². The molecule has 0 saturated carbocycles. The summed E-state index contributed by atoms with van der Waals surface area (Å²) >= 11 is 0. The Hall–Kier alpha value is -2.77. The molecule has 28 heavy (non-hydrogen) atoms. The van der Waals surface area contributed by atoms with E-state index in [9.17, 15) is 13.2 Å². The maximum absolute atomic E-state index is 12.2. The van der Waals surface area contributed by atoms with Gasteiger partial charge in [-0.1, -0.05) is 18.7 Å². The second-order valence-corrected chi connectivity index (χ2v) is 5.53. The van der Waals surface area contributed by atoms with Crippen LogP contribution in [0.3, 0.4) is 0 Å². The summed E-state index contributed by atoms with van der Waals surface area (Å²) in [5.41, 5.74) is 1.71. The number of nitrogens with zero attached hydrogens (tertiary/aromatic N) is 5. The average Bonchev–Trinajstić information content (AvgIpc) is 3.35. The van der Waals surface area contributed by atoms with Crippen LogP contribution in [0.2, 0.25) is 0 Å². The molecular formula is C19H14F3IrN5-2. The molecule has 0 unspecified atom stereocenters. The predicted octanol–water partition coefficient (Wildman–Crippen LogP) is 4.10. The first kappa shape index (κ1) is 21.5. The van der Waals surface area contributed by atoms with E-state index in [1.165, 1.54) is 11.8 Å². The van der Waals surface area contributed by atoms with E-state index in [0.29, 0.717) is 5.69 Å². The molecule has 5 nitrogen and oxygen atoms in total. The molecule has 0 aliphatic heterocycles. The molecule has 0 spiro atoms. The summed E-state index contributed by atoms with van der Waals surface area (Å²) in [6.45, 7) is 2.06. The number of alkyl halides is 3. The van der Waals surface area contributed by atoms with Crippen molar-refractivity contribution in [1.29, 1.82) is 0 Å². The second-order valence-electron chi connectivity index (χ2n) is 5.53. The van der Waals surface area contributed by atoms with Crippen LogP contribution in [0, 0.1) is 13.0 Å². The van der Waals surface area contributed by atoms with Gasteiger partial charge >= 0.3 is 6.18 Å². The van der Waals surface area contributed by atoms with Gasteiger partial charge in [-0.15, -0.1) is 6.07 Å². The van der Waals surface area contributed by atoms with Crippen LogP contribution in [0.5, 0.6) is 0 Å². The van der Waals surface area contributed by atoms with Crippen molar-refractivity contribution in [3.05, 3.63) is 84.4 Å². The van der Waals surface area contributed by atoms with Crippen LogP contribution in [0.25, 0.3) is 17.1 Å². The monoisotopic (exact) mass is 562 g/mol. The first-order chi connectivity index (χ1) is 12.9. The van der Waals surface area contributed by atoms with Gasteiger partial charge in [-0.3, -0.25) is 9.67 Å². The summed E-state index contributed by atoms with van der Waals surface area (Å²) in [6, 6.07) is 16.8. The predicted molar refractivity (Wildman–Crippen MR) is 92.9 cm³/mol. The van der Waals surface area contributed by atoms with Crippen molar-refractivity contribution in [2.45, 2.75) is 13.1 Å². The molecule has 1 aromatic carbocycles. The zero-order valence-electron chi connectivity index (χ0n) is 14.6. The van der Waals surface area contributed by atoms with Crippen molar-refractivity contribution < 1.29 is 33.3 Å².